The average Bonchev–Trinajstić information content (AvgIpc) is 3.01. The molecule has 1 saturated heterocycles. The van der Waals surface area contributed by atoms with Crippen LogP contribution in [0.15, 0.2) is 42.1 Å². The lowest BCUT2D eigenvalue weighted by Gasteiger charge is -2.13. The van der Waals surface area contributed by atoms with E-state index in [9.17, 15) is 32.7 Å². The standard InChI is InChI=1S/C21H18F3N3O6/c1-32-15-7-11(8-16(33-2)18(15)29)6-14-19(30)27(20(31)26-14)10-17(28)25-13-5-3-4-12(9-13)21(22,23)24/h3-9,29H,10H2,1-2H3,(H,25,28)(H,26,31)/b14-6-. The molecular weight excluding hydrogens is 447 g/mol. The number of benzene rings is 2. The highest BCUT2D eigenvalue weighted by Crippen LogP contribution is 2.37. The van der Waals surface area contributed by atoms with Crippen LogP contribution in [0.1, 0.15) is 11.1 Å². The van der Waals surface area contributed by atoms with Gasteiger partial charge in [0.2, 0.25) is 11.7 Å². The highest BCUT2D eigenvalue weighted by atomic mass is 19.4. The van der Waals surface area contributed by atoms with Gasteiger partial charge in [0.1, 0.15) is 12.2 Å². The third kappa shape index (κ3) is 5.17. The summed E-state index contributed by atoms with van der Waals surface area (Å²) in [6, 6.07) is 5.85. The molecule has 3 N–H and O–H groups in total. The number of carbonyl (C=O) groups excluding carboxylic acids is 3. The molecule has 2 aromatic carbocycles. The highest BCUT2D eigenvalue weighted by molar-refractivity contribution is 6.16. The Morgan fingerprint density at radius 3 is 2.36 bits per heavy atom. The average molecular weight is 465 g/mol. The van der Waals surface area contributed by atoms with Crippen molar-refractivity contribution in [3.8, 4) is 17.2 Å². The van der Waals surface area contributed by atoms with Crippen LogP contribution in [0, 0.1) is 0 Å². The highest BCUT2D eigenvalue weighted by Gasteiger charge is 2.35. The van der Waals surface area contributed by atoms with Crippen LogP contribution < -0.4 is 20.1 Å². The fourth-order valence-corrected chi connectivity index (χ4v) is 3.00. The summed E-state index contributed by atoms with van der Waals surface area (Å²) in [5, 5.41) is 14.5. The van der Waals surface area contributed by atoms with Gasteiger partial charge in [0.05, 0.1) is 19.8 Å². The zero-order valence-corrected chi connectivity index (χ0v) is 17.3. The molecule has 0 aromatic heterocycles. The number of hydrogen-bond donors (Lipinski definition) is 3. The monoisotopic (exact) mass is 465 g/mol. The molecule has 1 fully saturated rings. The summed E-state index contributed by atoms with van der Waals surface area (Å²) in [6.07, 6.45) is -3.31. The van der Waals surface area contributed by atoms with Crippen molar-refractivity contribution >= 4 is 29.6 Å². The van der Waals surface area contributed by atoms with Gasteiger partial charge < -0.3 is 25.2 Å². The Labute approximate surface area is 185 Å². The summed E-state index contributed by atoms with van der Waals surface area (Å²) in [4.78, 5) is 37.6. The van der Waals surface area contributed by atoms with Gasteiger partial charge in [-0.05, 0) is 42.0 Å². The van der Waals surface area contributed by atoms with Gasteiger partial charge in [-0.1, -0.05) is 6.07 Å². The SMILES string of the molecule is COc1cc(/C=C2\NC(=O)N(CC(=O)Nc3cccc(C(F)(F)F)c3)C2=O)cc(OC)c1O. The topological polar surface area (TPSA) is 117 Å². The molecule has 0 aliphatic carbocycles. The van der Waals surface area contributed by atoms with Crippen molar-refractivity contribution in [2.45, 2.75) is 6.18 Å². The van der Waals surface area contributed by atoms with Crippen molar-refractivity contribution in [3.63, 3.8) is 0 Å². The zero-order chi connectivity index (χ0) is 24.3. The Balaban J connectivity index is 1.75. The van der Waals surface area contributed by atoms with E-state index >= 15 is 0 Å². The molecule has 2 aromatic rings. The van der Waals surface area contributed by atoms with E-state index in [1.807, 2.05) is 0 Å². The number of imide groups is 1. The molecule has 4 amide bonds. The maximum Gasteiger partial charge on any atom is 0.416 e. The smallest absolute Gasteiger partial charge is 0.416 e. The number of halogens is 3. The van der Waals surface area contributed by atoms with E-state index in [-0.39, 0.29) is 28.6 Å². The second-order valence-corrected chi connectivity index (χ2v) is 6.78. The van der Waals surface area contributed by atoms with Crippen LogP contribution >= 0.6 is 0 Å². The Kier molecular flexibility index (Phi) is 6.47. The number of phenolic OH excluding ortho intramolecular Hbond substituents is 1. The van der Waals surface area contributed by atoms with Gasteiger partial charge in [0.15, 0.2) is 11.5 Å². The summed E-state index contributed by atoms with van der Waals surface area (Å²) >= 11 is 0. The first-order valence-electron chi connectivity index (χ1n) is 9.30. The number of hydrogen-bond acceptors (Lipinski definition) is 6. The first kappa shape index (κ1) is 23.4. The summed E-state index contributed by atoms with van der Waals surface area (Å²) in [5.74, 6) is -1.82. The van der Waals surface area contributed by atoms with E-state index in [1.54, 1.807) is 0 Å². The van der Waals surface area contributed by atoms with Crippen LogP contribution in [0.3, 0.4) is 0 Å². The fraction of sp³-hybridized carbons (Fsp3) is 0.190. The van der Waals surface area contributed by atoms with Crippen LogP contribution in [0.4, 0.5) is 23.7 Å². The summed E-state index contributed by atoms with van der Waals surface area (Å²) in [7, 11) is 2.64. The van der Waals surface area contributed by atoms with Crippen molar-refractivity contribution in [1.29, 1.82) is 0 Å². The van der Waals surface area contributed by atoms with Crippen LogP contribution in [-0.2, 0) is 15.8 Å². The van der Waals surface area contributed by atoms with E-state index in [0.29, 0.717) is 10.5 Å². The van der Waals surface area contributed by atoms with Crippen LogP contribution in [-0.4, -0.2) is 48.6 Å². The predicted octanol–water partition coefficient (Wildman–Crippen LogP) is 2.96. The molecule has 1 aliphatic heterocycles. The molecule has 9 nitrogen and oxygen atoms in total. The second-order valence-electron chi connectivity index (χ2n) is 6.78. The van der Waals surface area contributed by atoms with E-state index in [2.05, 4.69) is 10.6 Å². The van der Waals surface area contributed by atoms with E-state index in [0.717, 1.165) is 18.2 Å². The normalized spacial score (nSPS) is 14.9. The lowest BCUT2D eigenvalue weighted by Crippen LogP contribution is -2.38. The number of phenols is 1. The quantitative estimate of drug-likeness (QED) is 0.446. The fourth-order valence-electron chi connectivity index (χ4n) is 3.00. The molecule has 0 radical (unpaired) electrons. The molecule has 0 unspecified atom stereocenters. The molecular formula is C21H18F3N3O6. The number of carbonyl (C=O) groups is 3. The number of nitrogens with one attached hydrogen (secondary N) is 2. The van der Waals surface area contributed by atoms with Crippen molar-refractivity contribution in [2.75, 3.05) is 26.1 Å². The minimum Gasteiger partial charge on any atom is -0.502 e. The van der Waals surface area contributed by atoms with Gasteiger partial charge in [-0.3, -0.25) is 9.59 Å². The largest absolute Gasteiger partial charge is 0.502 e. The van der Waals surface area contributed by atoms with Crippen LogP contribution in [0.25, 0.3) is 6.08 Å². The van der Waals surface area contributed by atoms with Gasteiger partial charge in [-0.2, -0.15) is 13.2 Å². The Morgan fingerprint density at radius 1 is 1.15 bits per heavy atom. The number of rotatable bonds is 6. The first-order chi connectivity index (χ1) is 15.5. The maximum atomic E-state index is 12.8. The zero-order valence-electron chi connectivity index (χ0n) is 17.3. The van der Waals surface area contributed by atoms with E-state index in [4.69, 9.17) is 9.47 Å². The number of aromatic hydroxyl groups is 1. The third-order valence-corrected chi connectivity index (χ3v) is 4.55. The number of alkyl halides is 3. The van der Waals surface area contributed by atoms with Crippen molar-refractivity contribution in [3.05, 3.63) is 53.2 Å². The van der Waals surface area contributed by atoms with Crippen LogP contribution in [0.5, 0.6) is 17.2 Å². The minimum atomic E-state index is -4.59. The molecule has 1 aliphatic rings. The molecule has 0 spiro atoms. The molecule has 0 saturated carbocycles. The summed E-state index contributed by atoms with van der Waals surface area (Å²) in [5.41, 5.74) is -0.914. The van der Waals surface area contributed by atoms with Gasteiger partial charge >= 0.3 is 12.2 Å². The molecule has 12 heteroatoms. The summed E-state index contributed by atoms with van der Waals surface area (Å²) in [6.45, 7) is -0.722. The summed E-state index contributed by atoms with van der Waals surface area (Å²) < 4.78 is 48.5. The van der Waals surface area contributed by atoms with Gasteiger partial charge in [0.25, 0.3) is 5.91 Å². The second kappa shape index (κ2) is 9.10. The minimum absolute atomic E-state index is 0.0651. The number of methoxy groups -OCH3 is 2. The van der Waals surface area contributed by atoms with Crippen LogP contribution in [0.2, 0.25) is 0 Å². The maximum absolute atomic E-state index is 12.8. The van der Waals surface area contributed by atoms with E-state index in [1.165, 1.54) is 38.5 Å². The van der Waals surface area contributed by atoms with Crippen molar-refractivity contribution in [2.24, 2.45) is 0 Å². The lowest BCUT2D eigenvalue weighted by atomic mass is 10.1. The molecule has 33 heavy (non-hydrogen) atoms. The van der Waals surface area contributed by atoms with Gasteiger partial charge in [0, 0.05) is 5.69 Å². The molecule has 174 valence electrons. The molecule has 1 heterocycles. The predicted molar refractivity (Wildman–Crippen MR) is 110 cm³/mol. The molecule has 0 bridgehead atoms. The Hall–Kier alpha value is -4.22. The van der Waals surface area contributed by atoms with Gasteiger partial charge in [-0.15, -0.1) is 0 Å². The van der Waals surface area contributed by atoms with Crippen molar-refractivity contribution < 1.29 is 42.1 Å². The number of anilines is 1. The Bertz CT molecular complexity index is 1120. The third-order valence-electron chi connectivity index (χ3n) is 4.55. The number of urea groups is 1. The Morgan fingerprint density at radius 2 is 1.79 bits per heavy atom. The number of nitrogens with zero attached hydrogens (tertiary/aromatic N) is 1. The van der Waals surface area contributed by atoms with E-state index < -0.39 is 36.1 Å². The van der Waals surface area contributed by atoms with Gasteiger partial charge in [-0.25, -0.2) is 9.69 Å². The first-order valence-corrected chi connectivity index (χ1v) is 9.30. The molecule has 0 atom stereocenters. The lowest BCUT2D eigenvalue weighted by molar-refractivity contribution is -0.137. The molecule has 3 rings (SSSR count). The number of ether oxygens (including phenoxy) is 2. The van der Waals surface area contributed by atoms with Crippen molar-refractivity contribution in [1.82, 2.24) is 10.2 Å². The number of amides is 4.